The van der Waals surface area contributed by atoms with Gasteiger partial charge in [0.2, 0.25) is 10.0 Å². The Hall–Kier alpha value is -1.50. The van der Waals surface area contributed by atoms with Crippen molar-refractivity contribution in [2.24, 2.45) is 11.3 Å². The predicted octanol–water partition coefficient (Wildman–Crippen LogP) is 4.11. The average molecular weight is 546 g/mol. The van der Waals surface area contributed by atoms with Gasteiger partial charge >= 0.3 is 6.18 Å². The molecule has 3 aliphatic rings. The minimum atomic E-state index is -4.24. The van der Waals surface area contributed by atoms with Gasteiger partial charge in [0.25, 0.3) is 0 Å². The molecule has 7 nitrogen and oxygen atoms in total. The van der Waals surface area contributed by atoms with E-state index in [2.05, 4.69) is 24.5 Å². The Morgan fingerprint density at radius 2 is 1.86 bits per heavy atom. The number of nitrogens with zero attached hydrogens (tertiary/aromatic N) is 4. The maximum Gasteiger partial charge on any atom is 0.393 e. The Balaban J connectivity index is 1.21. The Bertz CT molecular complexity index is 1210. The van der Waals surface area contributed by atoms with Crippen molar-refractivity contribution < 1.29 is 21.6 Å². The molecule has 1 spiro atoms. The van der Waals surface area contributed by atoms with Crippen LogP contribution in [0.4, 0.5) is 19.0 Å². The number of alkyl halides is 3. The Kier molecular flexibility index (Phi) is 7.01. The first-order chi connectivity index (χ1) is 16.9. The van der Waals surface area contributed by atoms with Crippen LogP contribution in [0.25, 0.3) is 10.2 Å². The van der Waals surface area contributed by atoms with E-state index in [9.17, 15) is 21.6 Å². The number of hydrogen-bond donors (Lipinski definition) is 1. The zero-order chi connectivity index (χ0) is 25.7. The number of anilines is 1. The van der Waals surface area contributed by atoms with Crippen LogP contribution in [0.1, 0.15) is 49.2 Å². The van der Waals surface area contributed by atoms with Crippen molar-refractivity contribution in [3.8, 4) is 0 Å². The first-order valence-electron chi connectivity index (χ1n) is 12.6. The second-order valence-electron chi connectivity index (χ2n) is 11.1. The molecule has 1 N–H and O–H groups in total. The van der Waals surface area contributed by atoms with Crippen LogP contribution in [-0.2, 0) is 16.4 Å². The summed E-state index contributed by atoms with van der Waals surface area (Å²) < 4.78 is 64.7. The number of aromatic nitrogens is 2. The van der Waals surface area contributed by atoms with Gasteiger partial charge in [0.1, 0.15) is 16.5 Å². The monoisotopic (exact) mass is 545 g/mol. The molecule has 2 saturated heterocycles. The van der Waals surface area contributed by atoms with Crippen LogP contribution in [0.2, 0.25) is 0 Å². The molecular weight excluding hydrogens is 511 g/mol. The highest BCUT2D eigenvalue weighted by molar-refractivity contribution is 7.88. The lowest BCUT2D eigenvalue weighted by molar-refractivity contribution is -0.126. The van der Waals surface area contributed by atoms with Crippen LogP contribution in [0.3, 0.4) is 0 Å². The SMILES string of the molecule is Cc1nc(N2CCC3(CCN(CC4CCC(NS(C)(=O)=O)CC4)C3)C2)c2cc(CC(F)(F)F)sc2n1. The molecule has 1 saturated carbocycles. The number of sulfonamides is 1. The lowest BCUT2D eigenvalue weighted by atomic mass is 9.85. The number of rotatable bonds is 6. The molecule has 4 heterocycles. The van der Waals surface area contributed by atoms with Gasteiger partial charge in [-0.2, -0.15) is 13.2 Å². The van der Waals surface area contributed by atoms with Crippen molar-refractivity contribution >= 4 is 37.4 Å². The number of likely N-dealkylation sites (tertiary alicyclic amines) is 1. The number of fused-ring (bicyclic) bond motifs is 1. The van der Waals surface area contributed by atoms with E-state index in [0.29, 0.717) is 16.6 Å². The molecule has 200 valence electrons. The second kappa shape index (κ2) is 9.67. The van der Waals surface area contributed by atoms with Crippen LogP contribution >= 0.6 is 11.3 Å². The van der Waals surface area contributed by atoms with Gasteiger partial charge in [-0.05, 0) is 64.0 Å². The Labute approximate surface area is 214 Å². The fourth-order valence-electron chi connectivity index (χ4n) is 6.35. The Morgan fingerprint density at radius 1 is 1.14 bits per heavy atom. The number of nitrogens with one attached hydrogen (secondary N) is 1. The third-order valence-corrected chi connectivity index (χ3v) is 9.70. The van der Waals surface area contributed by atoms with E-state index in [1.165, 1.54) is 6.26 Å². The van der Waals surface area contributed by atoms with E-state index < -0.39 is 22.6 Å². The van der Waals surface area contributed by atoms with Gasteiger partial charge in [-0.15, -0.1) is 11.3 Å². The summed E-state index contributed by atoms with van der Waals surface area (Å²) in [6.07, 6.45) is 2.09. The lowest BCUT2D eigenvalue weighted by Gasteiger charge is -2.32. The zero-order valence-electron chi connectivity index (χ0n) is 20.8. The molecule has 1 aliphatic carbocycles. The first kappa shape index (κ1) is 26.1. The molecule has 3 fully saturated rings. The second-order valence-corrected chi connectivity index (χ2v) is 14.0. The maximum absolute atomic E-state index is 13.0. The molecular formula is C24H34F3N5O2S2. The third kappa shape index (κ3) is 6.14. The van der Waals surface area contributed by atoms with E-state index in [0.717, 1.165) is 93.8 Å². The van der Waals surface area contributed by atoms with Crippen molar-refractivity contribution in [2.45, 2.75) is 64.1 Å². The summed E-state index contributed by atoms with van der Waals surface area (Å²) in [7, 11) is -3.15. The summed E-state index contributed by atoms with van der Waals surface area (Å²) >= 11 is 1.11. The van der Waals surface area contributed by atoms with Crippen LogP contribution in [0.15, 0.2) is 6.07 Å². The highest BCUT2D eigenvalue weighted by atomic mass is 32.2. The van der Waals surface area contributed by atoms with Gasteiger partial charge in [-0.1, -0.05) is 0 Å². The molecule has 0 bridgehead atoms. The summed E-state index contributed by atoms with van der Waals surface area (Å²) in [5.41, 5.74) is 0.186. The lowest BCUT2D eigenvalue weighted by Crippen LogP contribution is -2.39. The summed E-state index contributed by atoms with van der Waals surface area (Å²) in [6, 6.07) is 1.69. The van der Waals surface area contributed by atoms with Crippen molar-refractivity contribution in [2.75, 3.05) is 43.9 Å². The maximum atomic E-state index is 13.0. The molecule has 12 heteroatoms. The summed E-state index contributed by atoms with van der Waals surface area (Å²) in [5.74, 6) is 1.96. The van der Waals surface area contributed by atoms with Gasteiger partial charge in [0, 0.05) is 42.5 Å². The first-order valence-corrected chi connectivity index (χ1v) is 15.4. The molecule has 5 rings (SSSR count). The van der Waals surface area contributed by atoms with Gasteiger partial charge in [0.15, 0.2) is 0 Å². The Morgan fingerprint density at radius 3 is 2.56 bits per heavy atom. The predicted molar refractivity (Wildman–Crippen MR) is 136 cm³/mol. The average Bonchev–Trinajstić information content (AvgIpc) is 3.45. The highest BCUT2D eigenvalue weighted by Gasteiger charge is 2.44. The molecule has 2 aromatic rings. The van der Waals surface area contributed by atoms with E-state index in [1.807, 2.05) is 0 Å². The molecule has 1 atom stereocenters. The topological polar surface area (TPSA) is 78.4 Å². The van der Waals surface area contributed by atoms with E-state index in [-0.39, 0.29) is 16.3 Å². The third-order valence-electron chi connectivity index (χ3n) is 7.91. The van der Waals surface area contributed by atoms with Crippen LogP contribution < -0.4 is 9.62 Å². The normalized spacial score (nSPS) is 28.1. The van der Waals surface area contributed by atoms with Gasteiger partial charge in [-0.25, -0.2) is 23.1 Å². The van der Waals surface area contributed by atoms with E-state index in [4.69, 9.17) is 0 Å². The van der Waals surface area contributed by atoms with Crippen molar-refractivity contribution in [3.05, 3.63) is 16.8 Å². The van der Waals surface area contributed by atoms with Crippen molar-refractivity contribution in [3.63, 3.8) is 0 Å². The number of halogens is 3. The quantitative estimate of drug-likeness (QED) is 0.589. The molecule has 0 aromatic carbocycles. The summed E-state index contributed by atoms with van der Waals surface area (Å²) in [6.45, 7) is 6.66. The van der Waals surface area contributed by atoms with Crippen molar-refractivity contribution in [1.82, 2.24) is 19.6 Å². The van der Waals surface area contributed by atoms with Crippen molar-refractivity contribution in [1.29, 1.82) is 0 Å². The van der Waals surface area contributed by atoms with E-state index >= 15 is 0 Å². The summed E-state index contributed by atoms with van der Waals surface area (Å²) in [4.78, 5) is 14.8. The van der Waals surface area contributed by atoms with Gasteiger partial charge in [0.05, 0.1) is 18.1 Å². The largest absolute Gasteiger partial charge is 0.393 e. The highest BCUT2D eigenvalue weighted by Crippen LogP contribution is 2.43. The smallest absolute Gasteiger partial charge is 0.355 e. The minimum absolute atomic E-state index is 0.0615. The van der Waals surface area contributed by atoms with Gasteiger partial charge in [-0.3, -0.25) is 0 Å². The molecule has 0 radical (unpaired) electrons. The number of hydrogen-bond acceptors (Lipinski definition) is 7. The zero-order valence-corrected chi connectivity index (χ0v) is 22.4. The number of thiophene rings is 1. The molecule has 0 amide bonds. The molecule has 2 aliphatic heterocycles. The molecule has 1 unspecified atom stereocenters. The minimum Gasteiger partial charge on any atom is -0.355 e. The van der Waals surface area contributed by atoms with Crippen LogP contribution in [0.5, 0.6) is 0 Å². The summed E-state index contributed by atoms with van der Waals surface area (Å²) in [5, 5.41) is 0.733. The fourth-order valence-corrected chi connectivity index (χ4v) is 8.29. The molecule has 36 heavy (non-hydrogen) atoms. The fraction of sp³-hybridized carbons (Fsp3) is 0.750. The van der Waals surface area contributed by atoms with Crippen LogP contribution in [-0.4, -0.2) is 74.5 Å². The van der Waals surface area contributed by atoms with Gasteiger partial charge < -0.3 is 9.80 Å². The molecule has 2 aromatic heterocycles. The standard InChI is InChI=1S/C24H34F3N5O2S2/c1-16-28-21(20-11-19(12-24(25,26)27)35-22(20)29-16)32-10-8-23(15-32)7-9-31(14-23)13-17-3-5-18(6-4-17)30-36(2,33)34/h11,17-18,30H,3-10,12-15H2,1-2H3. The number of aryl methyl sites for hydroxylation is 1. The van der Waals surface area contributed by atoms with Crippen LogP contribution in [0, 0.1) is 18.3 Å². The van der Waals surface area contributed by atoms with E-state index in [1.54, 1.807) is 13.0 Å².